The molecule has 2 unspecified atom stereocenters. The first-order chi connectivity index (χ1) is 12.3. The summed E-state index contributed by atoms with van der Waals surface area (Å²) in [6.45, 7) is 1.47. The van der Waals surface area contributed by atoms with E-state index >= 15 is 0 Å². The van der Waals surface area contributed by atoms with Crippen LogP contribution in [0.4, 0.5) is 8.78 Å². The molecule has 1 aromatic carbocycles. The van der Waals surface area contributed by atoms with Crippen LogP contribution in [0.2, 0.25) is 0 Å². The molecule has 6 nitrogen and oxygen atoms in total. The zero-order valence-corrected chi connectivity index (χ0v) is 17.7. The molecule has 0 spiro atoms. The maximum absolute atomic E-state index is 13.7. The molecule has 2 heterocycles. The Hall–Kier alpha value is -1.59. The van der Waals surface area contributed by atoms with E-state index in [1.807, 2.05) is 0 Å². The first-order valence-electron chi connectivity index (χ1n) is 7.57. The minimum Gasteiger partial charge on any atom is -0.319 e. The van der Waals surface area contributed by atoms with Gasteiger partial charge in [0.05, 0.1) is 5.70 Å². The molecule has 11 heteroatoms. The van der Waals surface area contributed by atoms with Crippen LogP contribution < -0.4 is 0 Å². The van der Waals surface area contributed by atoms with Gasteiger partial charge in [0.15, 0.2) is 34.5 Å². The molecule has 0 bridgehead atoms. The zero-order valence-electron chi connectivity index (χ0n) is 14.4. The van der Waals surface area contributed by atoms with E-state index < -0.39 is 41.1 Å². The van der Waals surface area contributed by atoms with Crippen molar-refractivity contribution in [1.82, 2.24) is 4.90 Å². The smallest absolute Gasteiger partial charge is 0.194 e. The normalized spacial score (nSPS) is 25.6. The highest BCUT2D eigenvalue weighted by atomic mass is 79.9. The monoisotopic (exact) mass is 480 g/mol. The average molecular weight is 481 g/mol. The summed E-state index contributed by atoms with van der Waals surface area (Å²) in [5.41, 5.74) is 0.357. The maximum Gasteiger partial charge on any atom is 0.194 e. The van der Waals surface area contributed by atoms with Crippen LogP contribution >= 0.6 is 15.9 Å². The van der Waals surface area contributed by atoms with Gasteiger partial charge in [0.2, 0.25) is 0 Å². The van der Waals surface area contributed by atoms with Crippen LogP contribution in [-0.2, 0) is 19.7 Å². The van der Waals surface area contributed by atoms with Gasteiger partial charge >= 0.3 is 0 Å². The van der Waals surface area contributed by atoms with E-state index in [4.69, 9.17) is 0 Å². The fourth-order valence-corrected chi connectivity index (χ4v) is 5.24. The topological polar surface area (TPSA) is 83.9 Å². The van der Waals surface area contributed by atoms with Crippen molar-refractivity contribution in [2.75, 3.05) is 12.5 Å². The molecule has 0 aliphatic carbocycles. The highest BCUT2D eigenvalue weighted by molar-refractivity contribution is 9.11. The van der Waals surface area contributed by atoms with Gasteiger partial charge in [0.25, 0.3) is 0 Å². The lowest BCUT2D eigenvalue weighted by Crippen LogP contribution is -2.38. The average Bonchev–Trinajstić information content (AvgIpc) is 2.89. The van der Waals surface area contributed by atoms with Gasteiger partial charge < -0.3 is 4.90 Å². The predicted molar refractivity (Wildman–Crippen MR) is 102 cm³/mol. The van der Waals surface area contributed by atoms with Crippen LogP contribution in [0, 0.1) is 11.6 Å². The zero-order chi connectivity index (χ0) is 20.4. The van der Waals surface area contributed by atoms with Crippen molar-refractivity contribution >= 4 is 40.6 Å². The van der Waals surface area contributed by atoms with E-state index in [-0.39, 0.29) is 21.9 Å². The van der Waals surface area contributed by atoms with Crippen LogP contribution in [0.1, 0.15) is 18.7 Å². The van der Waals surface area contributed by atoms with Gasteiger partial charge in [0.1, 0.15) is 11.6 Å². The summed E-state index contributed by atoms with van der Waals surface area (Å²) < 4.78 is 74.8. The van der Waals surface area contributed by atoms with Gasteiger partial charge in [0, 0.05) is 30.3 Å². The summed E-state index contributed by atoms with van der Waals surface area (Å²) in [7, 11) is -7.55. The lowest BCUT2D eigenvalue weighted by Gasteiger charge is -2.34. The third-order valence-corrected chi connectivity index (χ3v) is 9.50. The molecule has 2 aliphatic rings. The second-order valence-corrected chi connectivity index (χ2v) is 12.3. The molecule has 0 radical (unpaired) electrons. The highest BCUT2D eigenvalue weighted by Gasteiger charge is 2.48. The number of benzene rings is 1. The number of hydrogen-bond acceptors (Lipinski definition) is 6. The third kappa shape index (κ3) is 3.25. The van der Waals surface area contributed by atoms with Crippen LogP contribution in [0.15, 0.2) is 46.7 Å². The van der Waals surface area contributed by atoms with Gasteiger partial charge in [-0.1, -0.05) is 15.9 Å². The lowest BCUT2D eigenvalue weighted by molar-refractivity contribution is 0.382. The number of alkyl halides is 1. The molecule has 27 heavy (non-hydrogen) atoms. The summed E-state index contributed by atoms with van der Waals surface area (Å²) in [5, 5.41) is -0.341. The maximum atomic E-state index is 13.7. The summed E-state index contributed by atoms with van der Waals surface area (Å²) in [5.74, 6) is -1.66. The van der Waals surface area contributed by atoms with Gasteiger partial charge in [-0.3, -0.25) is 0 Å². The predicted octanol–water partition coefficient (Wildman–Crippen LogP) is 2.66. The molecule has 3 rings (SSSR count). The summed E-state index contributed by atoms with van der Waals surface area (Å²) >= 11 is 3.18. The summed E-state index contributed by atoms with van der Waals surface area (Å²) in [6.07, 6.45) is 3.60. The number of aliphatic imine (C=N–C) groups is 1. The summed E-state index contributed by atoms with van der Waals surface area (Å²) in [4.78, 5) is 5.54. The molecule has 146 valence electrons. The number of hydrogen-bond donors (Lipinski definition) is 0. The SMILES string of the molecule is CC1=C2C(S(C)(=O)=O)=NC(c3cc(F)cc(F)c3)N2C=CC1(Br)S(C)(=O)=O. The second-order valence-electron chi connectivity index (χ2n) is 6.40. The van der Waals surface area contributed by atoms with E-state index in [2.05, 4.69) is 20.9 Å². The standard InChI is InChI=1S/C16H15BrF2N2O4S2/c1-9-13-15(26(2,22)23)20-14(10-6-11(18)8-12(19)7-10)21(13)5-4-16(9,17)27(3,24)25/h4-8,14H,1-3H3. The quantitative estimate of drug-likeness (QED) is 0.607. The van der Waals surface area contributed by atoms with Gasteiger partial charge in [-0.05, 0) is 30.7 Å². The third-order valence-electron chi connectivity index (χ3n) is 4.35. The van der Waals surface area contributed by atoms with E-state index in [0.717, 1.165) is 24.6 Å². The van der Waals surface area contributed by atoms with Crippen molar-refractivity contribution in [2.45, 2.75) is 16.7 Å². The Morgan fingerprint density at radius 3 is 2.15 bits per heavy atom. The Kier molecular flexibility index (Phi) is 4.64. The Morgan fingerprint density at radius 2 is 1.67 bits per heavy atom. The van der Waals surface area contributed by atoms with Crippen molar-refractivity contribution in [3.63, 3.8) is 0 Å². The number of rotatable bonds is 2. The Labute approximate surface area is 164 Å². The van der Waals surface area contributed by atoms with Crippen LogP contribution in [0.3, 0.4) is 0 Å². The molecule has 1 aromatic rings. The molecule has 0 N–H and O–H groups in total. The van der Waals surface area contributed by atoms with E-state index in [0.29, 0.717) is 6.07 Å². The van der Waals surface area contributed by atoms with Crippen LogP contribution in [0.5, 0.6) is 0 Å². The van der Waals surface area contributed by atoms with Crippen molar-refractivity contribution in [1.29, 1.82) is 0 Å². The van der Waals surface area contributed by atoms with Gasteiger partial charge in [-0.25, -0.2) is 30.6 Å². The first kappa shape index (κ1) is 20.2. The number of sulfone groups is 2. The molecular weight excluding hydrogens is 466 g/mol. The highest BCUT2D eigenvalue weighted by Crippen LogP contribution is 2.46. The first-order valence-corrected chi connectivity index (χ1v) is 12.1. The lowest BCUT2D eigenvalue weighted by atomic mass is 10.1. The van der Waals surface area contributed by atoms with Crippen LogP contribution in [0.25, 0.3) is 0 Å². The molecule has 0 saturated carbocycles. The fraction of sp³-hybridized carbons (Fsp3) is 0.312. The minimum absolute atomic E-state index is 0.0666. The Bertz CT molecular complexity index is 1120. The van der Waals surface area contributed by atoms with E-state index in [1.165, 1.54) is 24.1 Å². The minimum atomic E-state index is -3.85. The second kappa shape index (κ2) is 6.21. The molecule has 0 saturated heterocycles. The van der Waals surface area contributed by atoms with Crippen molar-refractivity contribution in [3.05, 3.63) is 58.9 Å². The Balaban J connectivity index is 2.28. The van der Waals surface area contributed by atoms with Crippen LogP contribution in [-0.4, -0.2) is 42.9 Å². The van der Waals surface area contributed by atoms with Gasteiger partial charge in [-0.2, -0.15) is 0 Å². The molecule has 2 aliphatic heterocycles. The number of fused-ring (bicyclic) bond motifs is 1. The molecule has 0 fully saturated rings. The number of nitrogens with zero attached hydrogens (tertiary/aromatic N) is 2. The van der Waals surface area contributed by atoms with Crippen molar-refractivity contribution in [2.24, 2.45) is 4.99 Å². The van der Waals surface area contributed by atoms with Crippen molar-refractivity contribution < 1.29 is 25.6 Å². The summed E-state index contributed by atoms with van der Waals surface area (Å²) in [6, 6.07) is 2.80. The van der Waals surface area contributed by atoms with Gasteiger partial charge in [-0.15, -0.1) is 0 Å². The fourth-order valence-electron chi connectivity index (χ4n) is 3.07. The molecular formula is C16H15BrF2N2O4S2. The molecule has 0 aromatic heterocycles. The van der Waals surface area contributed by atoms with Crippen molar-refractivity contribution in [3.8, 4) is 0 Å². The van der Waals surface area contributed by atoms with E-state index in [9.17, 15) is 25.6 Å². The largest absolute Gasteiger partial charge is 0.319 e. The number of halogens is 3. The Morgan fingerprint density at radius 1 is 1.11 bits per heavy atom. The van der Waals surface area contributed by atoms with E-state index in [1.54, 1.807) is 0 Å². The molecule has 0 amide bonds. The molecule has 2 atom stereocenters.